The fraction of sp³-hybridized carbons (Fsp3) is 0.906. The van der Waals surface area contributed by atoms with E-state index in [1.165, 1.54) is 63.4 Å². The minimum absolute atomic E-state index is 0.0541. The molecule has 0 aliphatic heterocycles. The van der Waals surface area contributed by atoms with E-state index in [0.717, 1.165) is 24.2 Å². The van der Waals surface area contributed by atoms with E-state index in [1.807, 2.05) is 0 Å². The van der Waals surface area contributed by atoms with E-state index < -0.39 is 0 Å². The monoisotopic (exact) mass is 468 g/mol. The highest BCUT2D eigenvalue weighted by atomic mass is 16.5. The molecular weight excluding hydrogens is 416 g/mol. The molecule has 4 unspecified atom stereocenters. The van der Waals surface area contributed by atoms with E-state index in [4.69, 9.17) is 4.74 Å². The number of esters is 1. The summed E-state index contributed by atoms with van der Waals surface area (Å²) in [4.78, 5) is 11.9. The van der Waals surface area contributed by atoms with Crippen LogP contribution in [0, 0.1) is 56.7 Å². The zero-order chi connectivity index (χ0) is 24.9. The molecule has 0 aromatic rings. The molecule has 2 heteroatoms. The van der Waals surface area contributed by atoms with Crippen molar-refractivity contribution in [1.82, 2.24) is 0 Å². The largest absolute Gasteiger partial charge is 0.462 e. The molecule has 10 atom stereocenters. The average Bonchev–Trinajstić information content (AvgIpc) is 2.74. The fourth-order valence-electron chi connectivity index (χ4n) is 11.8. The van der Waals surface area contributed by atoms with Crippen LogP contribution < -0.4 is 0 Å². The second-order valence-corrected chi connectivity index (χ2v) is 15.3. The van der Waals surface area contributed by atoms with Gasteiger partial charge in [-0.15, -0.1) is 0 Å². The van der Waals surface area contributed by atoms with Crippen LogP contribution in [0.3, 0.4) is 0 Å². The van der Waals surface area contributed by atoms with Gasteiger partial charge in [-0.25, -0.2) is 0 Å². The van der Waals surface area contributed by atoms with Gasteiger partial charge in [-0.05, 0) is 115 Å². The van der Waals surface area contributed by atoms with Gasteiger partial charge in [0.15, 0.2) is 0 Å². The maximum Gasteiger partial charge on any atom is 0.302 e. The Morgan fingerprint density at radius 2 is 1.56 bits per heavy atom. The lowest BCUT2D eigenvalue weighted by atomic mass is 9.31. The predicted octanol–water partition coefficient (Wildman–Crippen LogP) is 8.60. The van der Waals surface area contributed by atoms with Crippen molar-refractivity contribution in [3.63, 3.8) is 0 Å². The third-order valence-electron chi connectivity index (χ3n) is 13.8. The molecule has 0 aromatic heterocycles. The molecule has 0 amide bonds. The molecule has 5 aliphatic rings. The van der Waals surface area contributed by atoms with Crippen LogP contribution in [-0.4, -0.2) is 12.1 Å². The summed E-state index contributed by atoms with van der Waals surface area (Å²) in [7, 11) is 0. The van der Waals surface area contributed by atoms with Crippen molar-refractivity contribution in [3.8, 4) is 0 Å². The summed E-state index contributed by atoms with van der Waals surface area (Å²) in [6.45, 7) is 24.2. The second-order valence-electron chi connectivity index (χ2n) is 15.3. The lowest BCUT2D eigenvalue weighted by molar-refractivity contribution is -0.253. The van der Waals surface area contributed by atoms with Crippen LogP contribution in [0.25, 0.3) is 0 Å². The summed E-state index contributed by atoms with van der Waals surface area (Å²) in [6.07, 6.45) is 13.2. The first-order valence-electron chi connectivity index (χ1n) is 14.6. The van der Waals surface area contributed by atoms with Crippen molar-refractivity contribution in [2.24, 2.45) is 56.7 Å². The van der Waals surface area contributed by atoms with Gasteiger partial charge < -0.3 is 4.74 Å². The number of carbonyl (C=O) groups excluding carboxylic acids is 1. The molecule has 2 nitrogen and oxygen atoms in total. The van der Waals surface area contributed by atoms with Crippen LogP contribution >= 0.6 is 0 Å². The van der Waals surface area contributed by atoms with Gasteiger partial charge in [-0.3, -0.25) is 4.79 Å². The van der Waals surface area contributed by atoms with E-state index in [0.29, 0.717) is 33.5 Å². The molecule has 0 bridgehead atoms. The van der Waals surface area contributed by atoms with Gasteiger partial charge in [0.2, 0.25) is 0 Å². The standard InChI is InChI=1S/C32H52O2/c1-20-12-15-29(6)18-19-31(8)23(27(29)21(20)2)10-11-25-30(7)16-14-26(34-22(3)33)28(4,5)24(30)13-17-32(25,31)9/h21,23-27H,1,10-19H2,2-9H3/t21?,23-,24?,25?,26?,27-,29-,30+,31-,32-/m1/s1. The Morgan fingerprint density at radius 1 is 0.853 bits per heavy atom. The number of rotatable bonds is 1. The molecular formula is C32H52O2. The van der Waals surface area contributed by atoms with Gasteiger partial charge in [0.1, 0.15) is 6.10 Å². The third kappa shape index (κ3) is 3.08. The maximum atomic E-state index is 11.9. The van der Waals surface area contributed by atoms with Gasteiger partial charge in [0, 0.05) is 12.3 Å². The third-order valence-corrected chi connectivity index (χ3v) is 13.8. The molecule has 0 spiro atoms. The topological polar surface area (TPSA) is 26.3 Å². The summed E-state index contributed by atoms with van der Waals surface area (Å²) in [5.41, 5.74) is 3.28. The lowest BCUT2D eigenvalue weighted by Gasteiger charge is -2.73. The summed E-state index contributed by atoms with van der Waals surface area (Å²) in [5, 5.41) is 0. The Morgan fingerprint density at radius 3 is 2.24 bits per heavy atom. The van der Waals surface area contributed by atoms with Crippen molar-refractivity contribution in [3.05, 3.63) is 12.2 Å². The molecule has 5 aliphatic carbocycles. The zero-order valence-electron chi connectivity index (χ0n) is 23.6. The average molecular weight is 469 g/mol. The first-order valence-corrected chi connectivity index (χ1v) is 14.6. The van der Waals surface area contributed by atoms with Crippen molar-refractivity contribution in [2.75, 3.05) is 0 Å². The second kappa shape index (κ2) is 7.61. The normalized spacial score (nSPS) is 54.2. The molecule has 34 heavy (non-hydrogen) atoms. The summed E-state index contributed by atoms with van der Waals surface area (Å²) in [5.74, 6) is 3.64. The first-order chi connectivity index (χ1) is 15.7. The summed E-state index contributed by atoms with van der Waals surface area (Å²) >= 11 is 0. The van der Waals surface area contributed by atoms with Crippen LogP contribution in [0.5, 0.6) is 0 Å². The van der Waals surface area contributed by atoms with Crippen LogP contribution in [0.4, 0.5) is 0 Å². The van der Waals surface area contributed by atoms with Crippen molar-refractivity contribution < 1.29 is 9.53 Å². The van der Waals surface area contributed by atoms with E-state index in [2.05, 4.69) is 55.0 Å². The lowest BCUT2D eigenvalue weighted by Crippen LogP contribution is -2.67. The van der Waals surface area contributed by atoms with E-state index in [1.54, 1.807) is 6.92 Å². The summed E-state index contributed by atoms with van der Waals surface area (Å²) < 4.78 is 5.91. The quantitative estimate of drug-likeness (QED) is 0.284. The summed E-state index contributed by atoms with van der Waals surface area (Å²) in [6, 6.07) is 0. The van der Waals surface area contributed by atoms with Gasteiger partial charge in [0.25, 0.3) is 0 Å². The van der Waals surface area contributed by atoms with Gasteiger partial charge in [-0.2, -0.15) is 0 Å². The molecule has 0 radical (unpaired) electrons. The highest BCUT2D eigenvalue weighted by Gasteiger charge is 2.70. The van der Waals surface area contributed by atoms with Crippen LogP contribution in [-0.2, 0) is 9.53 Å². The molecule has 0 saturated heterocycles. The number of carbonyl (C=O) groups is 1. The Kier molecular flexibility index (Phi) is 5.57. The first kappa shape index (κ1) is 24.9. The minimum atomic E-state index is -0.108. The highest BCUT2D eigenvalue weighted by molar-refractivity contribution is 5.66. The SMILES string of the molecule is C=C1CC[C@]2(C)CC[C@]3(C)[C@H](CCC4[C@@]5(C)CCC(OC(C)=O)C(C)(C)C5CC[C@]43C)[C@H]2C1C. The Labute approximate surface area is 210 Å². The van der Waals surface area contributed by atoms with E-state index in [9.17, 15) is 4.79 Å². The predicted molar refractivity (Wildman–Crippen MR) is 140 cm³/mol. The molecule has 5 saturated carbocycles. The number of fused-ring (bicyclic) bond motifs is 7. The zero-order valence-corrected chi connectivity index (χ0v) is 23.6. The molecule has 0 N–H and O–H groups in total. The van der Waals surface area contributed by atoms with Crippen molar-refractivity contribution in [2.45, 2.75) is 126 Å². The van der Waals surface area contributed by atoms with Gasteiger partial charge in [-0.1, -0.05) is 60.6 Å². The fourth-order valence-corrected chi connectivity index (χ4v) is 11.8. The van der Waals surface area contributed by atoms with Crippen molar-refractivity contribution >= 4 is 5.97 Å². The Bertz CT molecular complexity index is 872. The number of allylic oxidation sites excluding steroid dienone is 1. The van der Waals surface area contributed by atoms with Crippen LogP contribution in [0.2, 0.25) is 0 Å². The van der Waals surface area contributed by atoms with Gasteiger partial charge in [0.05, 0.1) is 0 Å². The Balaban J connectivity index is 1.50. The van der Waals surface area contributed by atoms with E-state index in [-0.39, 0.29) is 17.5 Å². The molecule has 5 rings (SSSR count). The maximum absolute atomic E-state index is 11.9. The van der Waals surface area contributed by atoms with Gasteiger partial charge >= 0.3 is 5.97 Å². The molecule has 0 heterocycles. The molecule has 5 fully saturated rings. The van der Waals surface area contributed by atoms with Crippen molar-refractivity contribution in [1.29, 1.82) is 0 Å². The highest BCUT2D eigenvalue weighted by Crippen LogP contribution is 2.77. The Hall–Kier alpha value is -0.790. The number of hydrogen-bond donors (Lipinski definition) is 0. The van der Waals surface area contributed by atoms with E-state index >= 15 is 0 Å². The smallest absolute Gasteiger partial charge is 0.302 e. The number of hydrogen-bond acceptors (Lipinski definition) is 2. The van der Waals surface area contributed by atoms with Crippen LogP contribution in [0.15, 0.2) is 12.2 Å². The molecule has 0 aromatic carbocycles. The minimum Gasteiger partial charge on any atom is -0.462 e. The molecule has 192 valence electrons. The van der Waals surface area contributed by atoms with Crippen LogP contribution in [0.1, 0.15) is 120 Å². The number of ether oxygens (including phenoxy) is 1.